The van der Waals surface area contributed by atoms with Crippen LogP contribution in [0.2, 0.25) is 0 Å². The average molecular weight is 227 g/mol. The summed E-state index contributed by atoms with van der Waals surface area (Å²) in [7, 11) is 0. The first-order valence-electron chi connectivity index (χ1n) is 5.27. The number of hydrogen-bond acceptors (Lipinski definition) is 4. The molecule has 0 spiro atoms. The van der Waals surface area contributed by atoms with Crippen LogP contribution in [-0.2, 0) is 0 Å². The van der Waals surface area contributed by atoms with Gasteiger partial charge in [0.1, 0.15) is 6.61 Å². The fourth-order valence-corrected chi connectivity index (χ4v) is 1.32. The van der Waals surface area contributed by atoms with Crippen LogP contribution in [0.25, 0.3) is 6.08 Å². The lowest BCUT2D eigenvalue weighted by molar-refractivity contribution is 0.350. The van der Waals surface area contributed by atoms with E-state index in [1.54, 1.807) is 6.20 Å². The van der Waals surface area contributed by atoms with Crippen LogP contribution in [0.4, 0.5) is 5.82 Å². The fourth-order valence-electron chi connectivity index (χ4n) is 1.32. The van der Waals surface area contributed by atoms with E-state index in [1.165, 1.54) is 6.20 Å². The lowest BCUT2D eigenvalue weighted by Gasteiger charge is -2.02. The first-order chi connectivity index (χ1) is 8.36. The van der Waals surface area contributed by atoms with Crippen LogP contribution < -0.4 is 10.5 Å². The van der Waals surface area contributed by atoms with E-state index >= 15 is 0 Å². The Morgan fingerprint density at radius 1 is 1.12 bits per heavy atom. The Hall–Kier alpha value is -2.36. The molecule has 0 bridgehead atoms. The molecule has 2 aromatic rings. The molecule has 0 aliphatic carbocycles. The van der Waals surface area contributed by atoms with E-state index in [0.717, 1.165) is 5.56 Å². The number of rotatable bonds is 4. The van der Waals surface area contributed by atoms with Crippen molar-refractivity contribution >= 4 is 11.9 Å². The Bertz CT molecular complexity index is 497. The third-order valence-electron chi connectivity index (χ3n) is 2.12. The molecular formula is C13H13N3O. The molecule has 0 atom stereocenters. The molecule has 4 nitrogen and oxygen atoms in total. The lowest BCUT2D eigenvalue weighted by atomic mass is 10.2. The molecule has 2 N–H and O–H groups in total. The van der Waals surface area contributed by atoms with E-state index in [4.69, 9.17) is 10.5 Å². The van der Waals surface area contributed by atoms with Crippen LogP contribution in [0.3, 0.4) is 0 Å². The zero-order valence-corrected chi connectivity index (χ0v) is 9.28. The predicted octanol–water partition coefficient (Wildman–Crippen LogP) is 2.15. The summed E-state index contributed by atoms with van der Waals surface area (Å²) in [6, 6.07) is 10.00. The maximum absolute atomic E-state index is 5.59. The molecule has 0 saturated heterocycles. The minimum Gasteiger partial charge on any atom is -0.471 e. The third kappa shape index (κ3) is 3.31. The number of hydrogen-bond donors (Lipinski definition) is 1. The SMILES string of the molecule is Nc1nccnc1OC/C=C/c1ccccc1. The third-order valence-corrected chi connectivity index (χ3v) is 2.12. The zero-order valence-electron chi connectivity index (χ0n) is 9.28. The molecule has 0 fully saturated rings. The van der Waals surface area contributed by atoms with Crippen molar-refractivity contribution in [2.24, 2.45) is 0 Å². The Morgan fingerprint density at radius 3 is 2.65 bits per heavy atom. The van der Waals surface area contributed by atoms with Gasteiger partial charge in [0.05, 0.1) is 0 Å². The number of nitrogen functional groups attached to an aromatic ring is 1. The minimum atomic E-state index is 0.306. The number of benzene rings is 1. The fraction of sp³-hybridized carbons (Fsp3) is 0.0769. The summed E-state index contributed by atoms with van der Waals surface area (Å²) in [5.74, 6) is 0.672. The summed E-state index contributed by atoms with van der Waals surface area (Å²) in [5, 5.41) is 0. The highest BCUT2D eigenvalue weighted by Gasteiger charge is 1.99. The van der Waals surface area contributed by atoms with Gasteiger partial charge in [0.2, 0.25) is 0 Å². The van der Waals surface area contributed by atoms with Gasteiger partial charge in [-0.3, -0.25) is 0 Å². The molecular weight excluding hydrogens is 214 g/mol. The molecule has 0 aliphatic heterocycles. The molecule has 1 aromatic carbocycles. The van der Waals surface area contributed by atoms with Crippen molar-refractivity contribution in [3.8, 4) is 5.88 Å². The zero-order chi connectivity index (χ0) is 11.9. The van der Waals surface area contributed by atoms with Crippen LogP contribution >= 0.6 is 0 Å². The highest BCUT2D eigenvalue weighted by Crippen LogP contribution is 2.12. The normalized spacial score (nSPS) is 10.6. The van der Waals surface area contributed by atoms with E-state index < -0.39 is 0 Å². The lowest BCUT2D eigenvalue weighted by Crippen LogP contribution is -2.01. The van der Waals surface area contributed by atoms with Gasteiger partial charge < -0.3 is 10.5 Å². The summed E-state index contributed by atoms with van der Waals surface area (Å²) in [6.45, 7) is 0.414. The number of aromatic nitrogens is 2. The van der Waals surface area contributed by atoms with E-state index in [1.807, 2.05) is 42.5 Å². The summed E-state index contributed by atoms with van der Waals surface area (Å²) >= 11 is 0. The van der Waals surface area contributed by atoms with Crippen molar-refractivity contribution in [1.82, 2.24) is 9.97 Å². The maximum atomic E-state index is 5.59. The second-order valence-electron chi connectivity index (χ2n) is 3.37. The Kier molecular flexibility index (Phi) is 3.70. The topological polar surface area (TPSA) is 61.0 Å². The van der Waals surface area contributed by atoms with Crippen molar-refractivity contribution < 1.29 is 4.74 Å². The van der Waals surface area contributed by atoms with Crippen LogP contribution in [0.1, 0.15) is 5.56 Å². The number of nitrogens with zero attached hydrogens (tertiary/aromatic N) is 2. The average Bonchev–Trinajstić information content (AvgIpc) is 2.38. The molecule has 4 heteroatoms. The smallest absolute Gasteiger partial charge is 0.257 e. The second kappa shape index (κ2) is 5.65. The molecule has 0 saturated carbocycles. The second-order valence-corrected chi connectivity index (χ2v) is 3.37. The molecule has 0 unspecified atom stereocenters. The van der Waals surface area contributed by atoms with Crippen LogP contribution in [-0.4, -0.2) is 16.6 Å². The number of ether oxygens (including phenoxy) is 1. The first kappa shape index (κ1) is 11.1. The quantitative estimate of drug-likeness (QED) is 0.869. The first-order valence-corrected chi connectivity index (χ1v) is 5.27. The van der Waals surface area contributed by atoms with Crippen LogP contribution in [0.15, 0.2) is 48.8 Å². The van der Waals surface area contributed by atoms with Crippen molar-refractivity contribution in [3.05, 3.63) is 54.4 Å². The van der Waals surface area contributed by atoms with E-state index in [0.29, 0.717) is 18.3 Å². The van der Waals surface area contributed by atoms with Gasteiger partial charge in [0, 0.05) is 12.4 Å². The van der Waals surface area contributed by atoms with Gasteiger partial charge >= 0.3 is 0 Å². The standard InChI is InChI=1S/C13H13N3O/c14-12-13(16-9-8-15-12)17-10-4-7-11-5-2-1-3-6-11/h1-9H,10H2,(H2,14,15)/b7-4+. The summed E-state index contributed by atoms with van der Waals surface area (Å²) in [6.07, 6.45) is 6.96. The summed E-state index contributed by atoms with van der Waals surface area (Å²) < 4.78 is 5.37. The number of nitrogens with two attached hydrogens (primary N) is 1. The van der Waals surface area contributed by atoms with Crippen LogP contribution in [0.5, 0.6) is 5.88 Å². The van der Waals surface area contributed by atoms with Gasteiger partial charge in [0.25, 0.3) is 5.88 Å². The van der Waals surface area contributed by atoms with Gasteiger partial charge in [-0.2, -0.15) is 0 Å². The summed E-state index contributed by atoms with van der Waals surface area (Å²) in [4.78, 5) is 7.86. The van der Waals surface area contributed by atoms with Gasteiger partial charge in [-0.25, -0.2) is 9.97 Å². The van der Waals surface area contributed by atoms with Gasteiger partial charge in [-0.05, 0) is 11.6 Å². The van der Waals surface area contributed by atoms with Gasteiger partial charge in [-0.15, -0.1) is 0 Å². The van der Waals surface area contributed by atoms with Crippen molar-refractivity contribution in [3.63, 3.8) is 0 Å². The largest absolute Gasteiger partial charge is 0.471 e. The monoisotopic (exact) mass is 227 g/mol. The van der Waals surface area contributed by atoms with Gasteiger partial charge in [-0.1, -0.05) is 36.4 Å². The van der Waals surface area contributed by atoms with Crippen molar-refractivity contribution in [1.29, 1.82) is 0 Å². The highest BCUT2D eigenvalue weighted by atomic mass is 16.5. The van der Waals surface area contributed by atoms with Crippen molar-refractivity contribution in [2.75, 3.05) is 12.3 Å². The summed E-state index contributed by atoms with van der Waals surface area (Å²) in [5.41, 5.74) is 6.72. The van der Waals surface area contributed by atoms with E-state index in [-0.39, 0.29) is 0 Å². The Labute approximate surface area is 99.8 Å². The molecule has 0 radical (unpaired) electrons. The molecule has 2 rings (SSSR count). The van der Waals surface area contributed by atoms with E-state index in [2.05, 4.69) is 9.97 Å². The molecule has 0 aliphatic rings. The molecule has 1 heterocycles. The Balaban J connectivity index is 1.88. The molecule has 86 valence electrons. The van der Waals surface area contributed by atoms with Crippen LogP contribution in [0, 0.1) is 0 Å². The van der Waals surface area contributed by atoms with E-state index in [9.17, 15) is 0 Å². The maximum Gasteiger partial charge on any atom is 0.257 e. The molecule has 1 aromatic heterocycles. The predicted molar refractivity (Wildman–Crippen MR) is 67.4 cm³/mol. The van der Waals surface area contributed by atoms with Gasteiger partial charge in [0.15, 0.2) is 5.82 Å². The molecule has 17 heavy (non-hydrogen) atoms. The number of anilines is 1. The minimum absolute atomic E-state index is 0.306. The van der Waals surface area contributed by atoms with Crippen molar-refractivity contribution in [2.45, 2.75) is 0 Å². The molecule has 0 amide bonds. The Morgan fingerprint density at radius 2 is 1.88 bits per heavy atom. The highest BCUT2D eigenvalue weighted by molar-refractivity contribution is 5.48.